The Labute approximate surface area is 225 Å². The number of hydrogen-bond donors (Lipinski definition) is 0. The van der Waals surface area contributed by atoms with E-state index in [1.165, 1.54) is 29.2 Å². The summed E-state index contributed by atoms with van der Waals surface area (Å²) in [7, 11) is 1.56. The predicted octanol–water partition coefficient (Wildman–Crippen LogP) is 8.12. The maximum atomic E-state index is 13.2. The van der Waals surface area contributed by atoms with Crippen molar-refractivity contribution >= 4 is 11.9 Å². The van der Waals surface area contributed by atoms with Gasteiger partial charge in [-0.2, -0.15) is 0 Å². The first-order valence-electron chi connectivity index (χ1n) is 14.5. The summed E-state index contributed by atoms with van der Waals surface area (Å²) in [5.41, 5.74) is 5.53. The maximum Gasteiger partial charge on any atom is 0.312 e. The van der Waals surface area contributed by atoms with E-state index >= 15 is 0 Å². The number of carbonyl (C=O) groups is 2. The SMILES string of the molecule is COC(=O)[C@@]12CCC(C)=C(/C=C/C3=C(C)CC[C@H]4C(C)(C)[C@@H](OC(C)=O)CC[C@]34C)[C@@H]1CC(C)(C)CC2. The predicted molar refractivity (Wildman–Crippen MR) is 149 cm³/mol. The van der Waals surface area contributed by atoms with Gasteiger partial charge in [0.2, 0.25) is 0 Å². The fourth-order valence-corrected chi connectivity index (χ4v) is 8.89. The standard InChI is InChI=1S/C33H50O4/c1-21-14-17-33(29(35)36-9)19-18-30(4,5)20-26(33)24(21)11-12-25-22(2)10-13-27-31(6,7)28(37-23(3)34)15-16-32(25,27)8/h11-12,26-28H,10,13-20H2,1-9H3/b12-11+/t26-,27-,28-,32+,33+/m0/s1. The molecule has 0 aromatic carbocycles. The van der Waals surface area contributed by atoms with Gasteiger partial charge in [0.1, 0.15) is 6.10 Å². The summed E-state index contributed by atoms with van der Waals surface area (Å²) < 4.78 is 11.3. The van der Waals surface area contributed by atoms with Crippen molar-refractivity contribution in [2.45, 2.75) is 119 Å². The van der Waals surface area contributed by atoms with E-state index in [0.717, 1.165) is 57.8 Å². The summed E-state index contributed by atoms with van der Waals surface area (Å²) in [6.07, 6.45) is 13.8. The van der Waals surface area contributed by atoms with Crippen molar-refractivity contribution in [2.75, 3.05) is 7.11 Å². The number of methoxy groups -OCH3 is 1. The molecule has 206 valence electrons. The first kappa shape index (κ1) is 28.2. The van der Waals surface area contributed by atoms with Crippen LogP contribution in [0.5, 0.6) is 0 Å². The molecule has 0 amide bonds. The van der Waals surface area contributed by atoms with Crippen molar-refractivity contribution in [3.8, 4) is 0 Å². The zero-order valence-corrected chi connectivity index (χ0v) is 24.9. The lowest BCUT2D eigenvalue weighted by Gasteiger charge is -2.57. The van der Waals surface area contributed by atoms with Crippen LogP contribution in [0.2, 0.25) is 0 Å². The van der Waals surface area contributed by atoms with E-state index in [-0.39, 0.29) is 40.2 Å². The molecular formula is C33H50O4. The highest BCUT2D eigenvalue weighted by Crippen LogP contribution is 2.61. The van der Waals surface area contributed by atoms with Crippen LogP contribution >= 0.6 is 0 Å². The molecule has 37 heavy (non-hydrogen) atoms. The largest absolute Gasteiger partial charge is 0.469 e. The van der Waals surface area contributed by atoms with Gasteiger partial charge in [-0.3, -0.25) is 9.59 Å². The second kappa shape index (κ2) is 9.72. The molecule has 0 bridgehead atoms. The molecule has 0 saturated heterocycles. The van der Waals surface area contributed by atoms with Gasteiger partial charge in [0.25, 0.3) is 0 Å². The molecule has 0 unspecified atom stereocenters. The van der Waals surface area contributed by atoms with E-state index in [4.69, 9.17) is 9.47 Å². The Balaban J connectivity index is 1.71. The van der Waals surface area contributed by atoms with E-state index in [9.17, 15) is 9.59 Å². The summed E-state index contributed by atoms with van der Waals surface area (Å²) in [5, 5.41) is 0. The molecule has 0 aromatic rings. The Morgan fingerprint density at radius 1 is 0.892 bits per heavy atom. The molecule has 0 aromatic heterocycles. The van der Waals surface area contributed by atoms with Crippen LogP contribution in [0.15, 0.2) is 34.4 Å². The first-order chi connectivity index (χ1) is 17.2. The summed E-state index contributed by atoms with van der Waals surface area (Å²) in [5.74, 6) is 0.467. The minimum atomic E-state index is -0.393. The fraction of sp³-hybridized carbons (Fsp3) is 0.758. The lowest BCUT2D eigenvalue weighted by molar-refractivity contribution is -0.166. The topological polar surface area (TPSA) is 52.6 Å². The molecule has 4 aliphatic carbocycles. The molecule has 0 aliphatic heterocycles. The molecule has 4 heteroatoms. The highest BCUT2D eigenvalue weighted by molar-refractivity contribution is 5.78. The summed E-state index contributed by atoms with van der Waals surface area (Å²) in [6.45, 7) is 17.8. The van der Waals surface area contributed by atoms with Gasteiger partial charge in [-0.25, -0.2) is 0 Å². The van der Waals surface area contributed by atoms with Crippen LogP contribution in [0.4, 0.5) is 0 Å². The van der Waals surface area contributed by atoms with E-state index in [0.29, 0.717) is 5.92 Å². The Bertz CT molecular complexity index is 1040. The third-order valence-corrected chi connectivity index (χ3v) is 11.1. The molecular weight excluding hydrogens is 460 g/mol. The Morgan fingerprint density at radius 2 is 1.59 bits per heavy atom. The zero-order chi connectivity index (χ0) is 27.4. The average Bonchev–Trinajstić information content (AvgIpc) is 2.81. The van der Waals surface area contributed by atoms with Crippen LogP contribution in [0.3, 0.4) is 0 Å². The van der Waals surface area contributed by atoms with Crippen LogP contribution in [0.25, 0.3) is 0 Å². The molecule has 0 spiro atoms. The van der Waals surface area contributed by atoms with Crippen LogP contribution in [-0.2, 0) is 19.1 Å². The number of fused-ring (bicyclic) bond motifs is 2. The van der Waals surface area contributed by atoms with Gasteiger partial charge in [0.15, 0.2) is 0 Å². The summed E-state index contributed by atoms with van der Waals surface area (Å²) >= 11 is 0. The summed E-state index contributed by atoms with van der Waals surface area (Å²) in [4.78, 5) is 25.1. The molecule has 5 atom stereocenters. The first-order valence-corrected chi connectivity index (χ1v) is 14.5. The number of hydrogen-bond acceptors (Lipinski definition) is 4. The van der Waals surface area contributed by atoms with Crippen LogP contribution < -0.4 is 0 Å². The molecule has 4 nitrogen and oxygen atoms in total. The second-order valence-electron chi connectivity index (χ2n) is 14.3. The number of ether oxygens (including phenoxy) is 2. The number of allylic oxidation sites excluding steroid dienone is 6. The number of esters is 2. The Hall–Kier alpha value is -1.84. The zero-order valence-electron chi connectivity index (χ0n) is 24.9. The van der Waals surface area contributed by atoms with Crippen molar-refractivity contribution in [2.24, 2.45) is 33.5 Å². The van der Waals surface area contributed by atoms with E-state index < -0.39 is 5.41 Å². The van der Waals surface area contributed by atoms with E-state index in [2.05, 4.69) is 60.6 Å². The normalized spacial score (nSPS) is 37.2. The minimum absolute atomic E-state index is 0.0166. The quantitative estimate of drug-likeness (QED) is 0.358. The highest BCUT2D eigenvalue weighted by atomic mass is 16.5. The van der Waals surface area contributed by atoms with Crippen molar-refractivity contribution in [3.05, 3.63) is 34.4 Å². The maximum absolute atomic E-state index is 13.2. The van der Waals surface area contributed by atoms with Crippen LogP contribution in [-0.4, -0.2) is 25.2 Å². The van der Waals surface area contributed by atoms with Gasteiger partial charge >= 0.3 is 11.9 Å². The molecule has 2 fully saturated rings. The number of carbonyl (C=O) groups excluding carboxylic acids is 2. The van der Waals surface area contributed by atoms with Crippen LogP contribution in [0.1, 0.15) is 113 Å². The number of rotatable bonds is 4. The smallest absolute Gasteiger partial charge is 0.312 e. The van der Waals surface area contributed by atoms with Gasteiger partial charge < -0.3 is 9.47 Å². The Morgan fingerprint density at radius 3 is 2.24 bits per heavy atom. The van der Waals surface area contributed by atoms with Crippen molar-refractivity contribution in [3.63, 3.8) is 0 Å². The van der Waals surface area contributed by atoms with Gasteiger partial charge in [-0.15, -0.1) is 0 Å². The van der Waals surface area contributed by atoms with E-state index in [1.54, 1.807) is 7.11 Å². The molecule has 0 N–H and O–H groups in total. The molecule has 0 heterocycles. The van der Waals surface area contributed by atoms with Crippen molar-refractivity contribution in [1.29, 1.82) is 0 Å². The molecule has 2 saturated carbocycles. The monoisotopic (exact) mass is 510 g/mol. The second-order valence-corrected chi connectivity index (χ2v) is 14.3. The van der Waals surface area contributed by atoms with Crippen molar-refractivity contribution in [1.82, 2.24) is 0 Å². The van der Waals surface area contributed by atoms with Gasteiger partial charge in [-0.05, 0) is 99.5 Å². The molecule has 0 radical (unpaired) electrons. The van der Waals surface area contributed by atoms with Gasteiger partial charge in [-0.1, -0.05) is 57.9 Å². The van der Waals surface area contributed by atoms with Gasteiger partial charge in [0, 0.05) is 18.3 Å². The average molecular weight is 511 g/mol. The van der Waals surface area contributed by atoms with Crippen molar-refractivity contribution < 1.29 is 19.1 Å². The highest BCUT2D eigenvalue weighted by Gasteiger charge is 2.56. The molecule has 4 rings (SSSR count). The summed E-state index contributed by atoms with van der Waals surface area (Å²) in [6, 6.07) is 0. The van der Waals surface area contributed by atoms with E-state index in [1.807, 2.05) is 0 Å². The Kier molecular flexibility index (Phi) is 7.40. The fourth-order valence-electron chi connectivity index (χ4n) is 8.89. The molecule has 4 aliphatic rings. The third-order valence-electron chi connectivity index (χ3n) is 11.1. The minimum Gasteiger partial charge on any atom is -0.469 e. The van der Waals surface area contributed by atoms with Gasteiger partial charge in [0.05, 0.1) is 12.5 Å². The lowest BCUT2D eigenvalue weighted by atomic mass is 9.49. The van der Waals surface area contributed by atoms with Crippen LogP contribution in [0, 0.1) is 33.5 Å². The third kappa shape index (κ3) is 4.76. The lowest BCUT2D eigenvalue weighted by Crippen LogP contribution is -2.53.